The van der Waals surface area contributed by atoms with Crippen LogP contribution in [0.1, 0.15) is 35.8 Å². The first-order chi connectivity index (χ1) is 8.83. The molecule has 0 aliphatic heterocycles. The largest absolute Gasteiger partial charge is 0.479 e. The van der Waals surface area contributed by atoms with Gasteiger partial charge in [-0.2, -0.15) is 0 Å². The van der Waals surface area contributed by atoms with Crippen molar-refractivity contribution in [2.45, 2.75) is 38.3 Å². The van der Waals surface area contributed by atoms with Crippen molar-refractivity contribution < 1.29 is 19.8 Å². The van der Waals surface area contributed by atoms with E-state index < -0.39 is 17.1 Å². The number of carboxylic acids is 1. The van der Waals surface area contributed by atoms with Gasteiger partial charge in [0.25, 0.3) is 5.56 Å². The second-order valence-electron chi connectivity index (χ2n) is 4.97. The Bertz CT molecular complexity index is 600. The summed E-state index contributed by atoms with van der Waals surface area (Å²) >= 11 is 0. The summed E-state index contributed by atoms with van der Waals surface area (Å²) in [6.07, 6.45) is 1.60. The van der Waals surface area contributed by atoms with Crippen molar-refractivity contribution in [3.63, 3.8) is 0 Å². The summed E-state index contributed by atoms with van der Waals surface area (Å²) in [5, 5.41) is 18.7. The molecule has 0 saturated carbocycles. The lowest BCUT2D eigenvalue weighted by molar-refractivity contribution is -0.158. The van der Waals surface area contributed by atoms with Crippen LogP contribution in [0.3, 0.4) is 0 Å². The zero-order valence-electron chi connectivity index (χ0n) is 10.5. The van der Waals surface area contributed by atoms with Crippen molar-refractivity contribution in [1.82, 2.24) is 4.57 Å². The van der Waals surface area contributed by atoms with Crippen molar-refractivity contribution in [1.29, 1.82) is 0 Å². The molecule has 1 aliphatic rings. The van der Waals surface area contributed by atoms with Crippen LogP contribution >= 0.6 is 0 Å². The Hall–Kier alpha value is -1.95. The fourth-order valence-corrected chi connectivity index (χ4v) is 2.24. The normalized spacial score (nSPS) is 17.7. The lowest BCUT2D eigenvalue weighted by atomic mass is 9.94. The Kier molecular flexibility index (Phi) is 3.28. The average molecular weight is 265 g/mol. The lowest BCUT2D eigenvalue weighted by Gasteiger charge is -2.24. The molecule has 0 spiro atoms. The van der Waals surface area contributed by atoms with Crippen molar-refractivity contribution in [3.8, 4) is 0 Å². The van der Waals surface area contributed by atoms with Gasteiger partial charge in [-0.1, -0.05) is 0 Å². The summed E-state index contributed by atoms with van der Waals surface area (Å²) < 4.78 is 1.19. The summed E-state index contributed by atoms with van der Waals surface area (Å²) in [5.41, 5.74) is -1.48. The number of carbonyl (C=O) groups is 2. The average Bonchev–Trinajstić information content (AvgIpc) is 2.33. The Balaban J connectivity index is 2.52. The van der Waals surface area contributed by atoms with Crippen molar-refractivity contribution in [3.05, 3.63) is 33.7 Å². The first-order valence-corrected chi connectivity index (χ1v) is 6.04. The molecular formula is C13H15NO5. The number of carboxylic acid groups (broad SMARTS) is 1. The van der Waals surface area contributed by atoms with Gasteiger partial charge in [-0.05, 0) is 25.8 Å². The minimum atomic E-state index is -2.04. The summed E-state index contributed by atoms with van der Waals surface area (Å²) in [7, 11) is 0. The molecule has 1 atom stereocenters. The molecule has 0 radical (unpaired) electrons. The van der Waals surface area contributed by atoms with Crippen LogP contribution in [0.25, 0.3) is 0 Å². The van der Waals surface area contributed by atoms with E-state index in [-0.39, 0.29) is 12.3 Å². The van der Waals surface area contributed by atoms with E-state index in [1.807, 2.05) is 0 Å². The first-order valence-electron chi connectivity index (χ1n) is 6.04. The molecular weight excluding hydrogens is 250 g/mol. The third kappa shape index (κ3) is 2.44. The van der Waals surface area contributed by atoms with Crippen LogP contribution in [-0.2, 0) is 17.8 Å². The molecule has 6 heteroatoms. The molecule has 1 aromatic heterocycles. The zero-order chi connectivity index (χ0) is 14.2. The molecule has 6 nitrogen and oxygen atoms in total. The Labute approximate surface area is 109 Å². The summed E-state index contributed by atoms with van der Waals surface area (Å²) in [6.45, 7) is 0.767. The van der Waals surface area contributed by atoms with E-state index in [9.17, 15) is 19.5 Å². The second kappa shape index (κ2) is 4.62. The van der Waals surface area contributed by atoms with E-state index in [1.165, 1.54) is 16.7 Å². The molecule has 0 fully saturated rings. The Morgan fingerprint density at radius 1 is 1.37 bits per heavy atom. The maximum atomic E-state index is 11.8. The number of hydrogen-bond donors (Lipinski definition) is 2. The fourth-order valence-electron chi connectivity index (χ4n) is 2.24. The third-order valence-corrected chi connectivity index (χ3v) is 3.34. The van der Waals surface area contributed by atoms with Gasteiger partial charge in [-0.15, -0.1) is 0 Å². The van der Waals surface area contributed by atoms with Crippen LogP contribution in [0.5, 0.6) is 0 Å². The SMILES string of the molecule is CC(O)(Cn1c2c(ccc1=O)C(=O)CCC2)C(=O)O. The summed E-state index contributed by atoms with van der Waals surface area (Å²) in [6, 6.07) is 2.71. The van der Waals surface area contributed by atoms with E-state index in [0.29, 0.717) is 30.5 Å². The number of nitrogens with zero attached hydrogens (tertiary/aromatic N) is 1. The van der Waals surface area contributed by atoms with Crippen molar-refractivity contribution in [2.75, 3.05) is 0 Å². The van der Waals surface area contributed by atoms with Gasteiger partial charge in [0.1, 0.15) is 0 Å². The monoisotopic (exact) mass is 265 g/mol. The van der Waals surface area contributed by atoms with E-state index in [1.54, 1.807) is 0 Å². The number of aliphatic carboxylic acids is 1. The van der Waals surface area contributed by atoms with Crippen LogP contribution in [0, 0.1) is 0 Å². The lowest BCUT2D eigenvalue weighted by Crippen LogP contribution is -2.43. The number of hydrogen-bond acceptors (Lipinski definition) is 4. The summed E-state index contributed by atoms with van der Waals surface area (Å²) in [4.78, 5) is 34.5. The molecule has 0 amide bonds. The first kappa shape index (κ1) is 13.5. The van der Waals surface area contributed by atoms with Gasteiger partial charge >= 0.3 is 5.97 Å². The highest BCUT2D eigenvalue weighted by Gasteiger charge is 2.32. The number of aliphatic hydroxyl groups is 1. The molecule has 2 N–H and O–H groups in total. The molecule has 19 heavy (non-hydrogen) atoms. The van der Waals surface area contributed by atoms with Gasteiger partial charge in [0.15, 0.2) is 11.4 Å². The molecule has 1 aromatic rings. The minimum Gasteiger partial charge on any atom is -0.479 e. The zero-order valence-corrected chi connectivity index (χ0v) is 10.5. The number of ketones is 1. The van der Waals surface area contributed by atoms with E-state index in [0.717, 1.165) is 6.92 Å². The highest BCUT2D eigenvalue weighted by Crippen LogP contribution is 2.21. The van der Waals surface area contributed by atoms with Crippen LogP contribution in [0.2, 0.25) is 0 Å². The second-order valence-corrected chi connectivity index (χ2v) is 4.97. The maximum Gasteiger partial charge on any atom is 0.337 e. The predicted octanol–water partition coefficient (Wildman–Crippen LogP) is 0.203. The van der Waals surface area contributed by atoms with Gasteiger partial charge in [-0.3, -0.25) is 9.59 Å². The fraction of sp³-hybridized carbons (Fsp3) is 0.462. The number of Topliss-reactive ketones (excluding diaryl/α,β-unsaturated/α-hetero) is 1. The topological polar surface area (TPSA) is 96.6 Å². The molecule has 1 aliphatic carbocycles. The molecule has 0 aromatic carbocycles. The van der Waals surface area contributed by atoms with Crippen molar-refractivity contribution >= 4 is 11.8 Å². The smallest absolute Gasteiger partial charge is 0.337 e. The van der Waals surface area contributed by atoms with Crippen LogP contribution in [0.15, 0.2) is 16.9 Å². The van der Waals surface area contributed by atoms with Crippen molar-refractivity contribution in [2.24, 2.45) is 0 Å². The molecule has 1 heterocycles. The van der Waals surface area contributed by atoms with E-state index in [4.69, 9.17) is 5.11 Å². The van der Waals surface area contributed by atoms with E-state index in [2.05, 4.69) is 0 Å². The van der Waals surface area contributed by atoms with Crippen LogP contribution in [-0.4, -0.2) is 32.1 Å². The predicted molar refractivity (Wildman–Crippen MR) is 66.2 cm³/mol. The van der Waals surface area contributed by atoms with Crippen LogP contribution < -0.4 is 5.56 Å². The maximum absolute atomic E-state index is 11.8. The third-order valence-electron chi connectivity index (χ3n) is 3.34. The molecule has 0 saturated heterocycles. The number of aromatic nitrogens is 1. The van der Waals surface area contributed by atoms with Gasteiger partial charge in [-0.25, -0.2) is 4.79 Å². The standard InChI is InChI=1S/C13H15NO5/c1-13(19,12(17)18)7-14-9-3-2-4-10(15)8(9)5-6-11(14)16/h5-6,19H,2-4,7H2,1H3,(H,17,18). The van der Waals surface area contributed by atoms with Gasteiger partial charge in [0, 0.05) is 23.7 Å². The van der Waals surface area contributed by atoms with E-state index >= 15 is 0 Å². The molecule has 1 unspecified atom stereocenters. The molecule has 2 rings (SSSR count). The highest BCUT2D eigenvalue weighted by atomic mass is 16.4. The number of carbonyl (C=O) groups excluding carboxylic acids is 1. The summed E-state index contributed by atoms with van der Waals surface area (Å²) in [5.74, 6) is -1.45. The molecule has 102 valence electrons. The van der Waals surface area contributed by atoms with Crippen LogP contribution in [0.4, 0.5) is 0 Å². The van der Waals surface area contributed by atoms with Gasteiger partial charge in [0.2, 0.25) is 0 Å². The number of rotatable bonds is 3. The Morgan fingerprint density at radius 3 is 2.68 bits per heavy atom. The molecule has 0 bridgehead atoms. The van der Waals surface area contributed by atoms with Gasteiger partial charge in [0.05, 0.1) is 6.54 Å². The highest BCUT2D eigenvalue weighted by molar-refractivity contribution is 5.98. The minimum absolute atomic E-state index is 0.0510. The number of fused-ring (bicyclic) bond motifs is 1. The number of pyridine rings is 1. The van der Waals surface area contributed by atoms with Gasteiger partial charge < -0.3 is 14.8 Å². The quantitative estimate of drug-likeness (QED) is 0.814. The Morgan fingerprint density at radius 2 is 2.05 bits per heavy atom.